The van der Waals surface area contributed by atoms with Crippen molar-refractivity contribution in [2.75, 3.05) is 0 Å². The van der Waals surface area contributed by atoms with E-state index in [1.807, 2.05) is 4.98 Å². The van der Waals surface area contributed by atoms with Crippen molar-refractivity contribution < 1.29 is 4.92 Å². The second-order valence-electron chi connectivity index (χ2n) is 1.98. The highest BCUT2D eigenvalue weighted by atomic mass is 16.6. The van der Waals surface area contributed by atoms with Gasteiger partial charge in [-0.3, -0.25) is 0 Å². The van der Waals surface area contributed by atoms with Crippen LogP contribution in [0.4, 0.5) is 5.95 Å². The summed E-state index contributed by atoms with van der Waals surface area (Å²) in [6.45, 7) is 3.52. The Bertz CT molecular complexity index is 363. The van der Waals surface area contributed by atoms with Crippen molar-refractivity contribution in [3.63, 3.8) is 0 Å². The smallest absolute Gasteiger partial charge is 0.390 e. The lowest BCUT2D eigenvalue weighted by atomic mass is 10.6. The molecule has 12 heavy (non-hydrogen) atoms. The summed E-state index contributed by atoms with van der Waals surface area (Å²) in [4.78, 5) is 22.1. The Kier molecular flexibility index (Phi) is 2.04. The molecule has 0 amide bonds. The third-order valence-corrected chi connectivity index (χ3v) is 1.14. The van der Waals surface area contributed by atoms with Gasteiger partial charge in [0.1, 0.15) is 0 Å². The largest absolute Gasteiger partial charge is 0.457 e. The van der Waals surface area contributed by atoms with E-state index in [1.54, 1.807) is 0 Å². The van der Waals surface area contributed by atoms with Gasteiger partial charge in [0.25, 0.3) is 0 Å². The van der Waals surface area contributed by atoms with Gasteiger partial charge in [0.05, 0.1) is 6.54 Å². The van der Waals surface area contributed by atoms with Gasteiger partial charge >= 0.3 is 11.6 Å². The number of nitrogens with one attached hydrogen (secondary N) is 1. The van der Waals surface area contributed by atoms with Gasteiger partial charge in [-0.1, -0.05) is 6.08 Å². The van der Waals surface area contributed by atoms with Crippen molar-refractivity contribution >= 4 is 5.95 Å². The quantitative estimate of drug-likeness (QED) is 0.381. The second-order valence-corrected chi connectivity index (χ2v) is 1.98. The molecule has 7 nitrogen and oxygen atoms in total. The van der Waals surface area contributed by atoms with E-state index in [-0.39, 0.29) is 6.54 Å². The van der Waals surface area contributed by atoms with Crippen LogP contribution in [0.15, 0.2) is 17.4 Å². The highest BCUT2D eigenvalue weighted by Gasteiger charge is 2.13. The molecule has 0 spiro atoms. The first-order valence-corrected chi connectivity index (χ1v) is 3.07. The lowest BCUT2D eigenvalue weighted by Crippen LogP contribution is -2.16. The van der Waals surface area contributed by atoms with E-state index in [2.05, 4.69) is 11.7 Å². The van der Waals surface area contributed by atoms with Crippen LogP contribution in [0.5, 0.6) is 0 Å². The molecular weight excluding hydrogens is 164 g/mol. The van der Waals surface area contributed by atoms with E-state index in [1.165, 1.54) is 6.08 Å². The van der Waals surface area contributed by atoms with Crippen LogP contribution in [0.25, 0.3) is 0 Å². The zero-order valence-corrected chi connectivity index (χ0v) is 6.06. The Balaban J connectivity index is 3.08. The maximum Gasteiger partial charge on any atom is 0.457 e. The van der Waals surface area contributed by atoms with E-state index in [9.17, 15) is 14.9 Å². The molecule has 0 atom stereocenters. The molecule has 0 aromatic carbocycles. The molecule has 0 saturated carbocycles. The van der Waals surface area contributed by atoms with Crippen molar-refractivity contribution in [2.45, 2.75) is 6.54 Å². The van der Waals surface area contributed by atoms with Gasteiger partial charge in [-0.15, -0.1) is 11.3 Å². The van der Waals surface area contributed by atoms with E-state index >= 15 is 0 Å². The highest BCUT2D eigenvalue weighted by Crippen LogP contribution is 1.95. The zero-order chi connectivity index (χ0) is 9.14. The van der Waals surface area contributed by atoms with Crippen LogP contribution >= 0.6 is 0 Å². The van der Waals surface area contributed by atoms with Gasteiger partial charge < -0.3 is 10.1 Å². The second kappa shape index (κ2) is 2.99. The predicted molar refractivity (Wildman–Crippen MR) is 39.7 cm³/mol. The third-order valence-electron chi connectivity index (χ3n) is 1.14. The standard InChI is InChI=1S/C5H6N4O3/c1-2-3-8-5(10)6-4(7-8)9(11)12/h2H,1,3H2,(H,6,7,10). The number of H-pyrrole nitrogens is 1. The normalized spacial score (nSPS) is 9.67. The maximum absolute atomic E-state index is 10.8. The SMILES string of the molecule is C=CCn1nc([N+](=O)[O-])[nH]c1=O. The van der Waals surface area contributed by atoms with Crippen LogP contribution < -0.4 is 5.69 Å². The van der Waals surface area contributed by atoms with Gasteiger partial charge in [0, 0.05) is 5.10 Å². The molecule has 0 unspecified atom stereocenters. The molecule has 0 aliphatic rings. The summed E-state index contributed by atoms with van der Waals surface area (Å²) in [7, 11) is 0. The van der Waals surface area contributed by atoms with E-state index < -0.39 is 16.6 Å². The number of nitrogens with zero attached hydrogens (tertiary/aromatic N) is 3. The van der Waals surface area contributed by atoms with Crippen molar-refractivity contribution in [1.29, 1.82) is 0 Å². The lowest BCUT2D eigenvalue weighted by molar-refractivity contribution is -0.394. The van der Waals surface area contributed by atoms with Crippen molar-refractivity contribution in [1.82, 2.24) is 14.8 Å². The molecule has 0 fully saturated rings. The minimum Gasteiger partial charge on any atom is -0.390 e. The average molecular weight is 170 g/mol. The van der Waals surface area contributed by atoms with Crippen molar-refractivity contribution in [3.05, 3.63) is 33.3 Å². The first kappa shape index (κ1) is 8.18. The number of aromatic nitrogens is 3. The Morgan fingerprint density at radius 3 is 2.92 bits per heavy atom. The number of allylic oxidation sites excluding steroid dienone is 1. The Morgan fingerprint density at radius 2 is 2.50 bits per heavy atom. The third kappa shape index (κ3) is 1.39. The molecule has 0 bridgehead atoms. The van der Waals surface area contributed by atoms with E-state index in [0.29, 0.717) is 0 Å². The number of hydrogen-bond acceptors (Lipinski definition) is 4. The minimum absolute atomic E-state index is 0.156. The van der Waals surface area contributed by atoms with Gasteiger partial charge in [0.2, 0.25) is 0 Å². The molecule has 0 radical (unpaired) electrons. The summed E-state index contributed by atoms with van der Waals surface area (Å²) in [5, 5.41) is 13.5. The topological polar surface area (TPSA) is 93.8 Å². The number of rotatable bonds is 3. The molecule has 1 heterocycles. The summed E-state index contributed by atoms with van der Waals surface area (Å²) < 4.78 is 0.922. The highest BCUT2D eigenvalue weighted by molar-refractivity contribution is 4.97. The van der Waals surface area contributed by atoms with Gasteiger partial charge in [0.15, 0.2) is 0 Å². The fourth-order valence-corrected chi connectivity index (χ4v) is 0.673. The van der Waals surface area contributed by atoms with Crippen molar-refractivity contribution in [3.8, 4) is 0 Å². The van der Waals surface area contributed by atoms with Crippen LogP contribution in [0, 0.1) is 10.1 Å². The fraction of sp³-hybridized carbons (Fsp3) is 0.200. The molecule has 0 aliphatic heterocycles. The van der Waals surface area contributed by atoms with Crippen LogP contribution in [-0.4, -0.2) is 19.7 Å². The average Bonchev–Trinajstić information content (AvgIpc) is 2.34. The molecule has 0 aliphatic carbocycles. The van der Waals surface area contributed by atoms with Crippen LogP contribution in [0.1, 0.15) is 0 Å². The lowest BCUT2D eigenvalue weighted by Gasteiger charge is -1.85. The molecule has 64 valence electrons. The Morgan fingerprint density at radius 1 is 1.83 bits per heavy atom. The zero-order valence-electron chi connectivity index (χ0n) is 6.06. The summed E-state index contributed by atoms with van der Waals surface area (Å²) in [6.07, 6.45) is 1.42. The van der Waals surface area contributed by atoms with Crippen LogP contribution in [0.2, 0.25) is 0 Å². The first-order chi connectivity index (χ1) is 5.65. The molecule has 1 aromatic heterocycles. The number of hydrogen-bond donors (Lipinski definition) is 1. The van der Waals surface area contributed by atoms with Crippen molar-refractivity contribution in [2.24, 2.45) is 0 Å². The molecule has 7 heteroatoms. The summed E-state index contributed by atoms with van der Waals surface area (Å²) in [6, 6.07) is 0. The minimum atomic E-state index is -0.763. The summed E-state index contributed by atoms with van der Waals surface area (Å²) in [5.74, 6) is -0.554. The molecule has 1 N–H and O–H groups in total. The van der Waals surface area contributed by atoms with Gasteiger partial charge in [-0.25, -0.2) is 4.79 Å². The van der Waals surface area contributed by atoms with Crippen LogP contribution in [-0.2, 0) is 6.54 Å². The molecule has 1 aromatic rings. The molecule has 1 rings (SSSR count). The molecular formula is C5H6N4O3. The Labute approximate surface area is 66.5 Å². The van der Waals surface area contributed by atoms with Gasteiger partial charge in [-0.2, -0.15) is 4.98 Å². The molecule has 0 saturated heterocycles. The first-order valence-electron chi connectivity index (χ1n) is 3.07. The summed E-state index contributed by atoms with van der Waals surface area (Å²) in [5.41, 5.74) is -0.610. The number of aromatic amines is 1. The van der Waals surface area contributed by atoms with E-state index in [4.69, 9.17) is 0 Å². The van der Waals surface area contributed by atoms with Gasteiger partial charge in [-0.05, 0) is 4.92 Å². The van der Waals surface area contributed by atoms with E-state index in [0.717, 1.165) is 4.68 Å². The summed E-state index contributed by atoms with van der Waals surface area (Å²) >= 11 is 0. The Hall–Kier alpha value is -1.92. The fourth-order valence-electron chi connectivity index (χ4n) is 0.673. The predicted octanol–water partition coefficient (Wildman–Crippen LogP) is -0.334. The maximum atomic E-state index is 10.8. The van der Waals surface area contributed by atoms with Crippen LogP contribution in [0.3, 0.4) is 0 Å². The monoisotopic (exact) mass is 170 g/mol. The number of nitro groups is 1.